The summed E-state index contributed by atoms with van der Waals surface area (Å²) in [4.78, 5) is 22.5. The number of ether oxygens (including phenoxy) is 1. The van der Waals surface area contributed by atoms with Crippen LogP contribution in [0.25, 0.3) is 0 Å². The third-order valence-electron chi connectivity index (χ3n) is 2.51. The minimum atomic E-state index is -1.26. The van der Waals surface area contributed by atoms with Gasteiger partial charge < -0.3 is 9.84 Å². The Morgan fingerprint density at radius 1 is 1.64 bits per heavy atom. The van der Waals surface area contributed by atoms with Crippen LogP contribution in [0.1, 0.15) is 32.6 Å². The summed E-state index contributed by atoms with van der Waals surface area (Å²) in [6, 6.07) is 0. The molecule has 0 unspecified atom stereocenters. The second-order valence-corrected chi connectivity index (χ2v) is 3.52. The van der Waals surface area contributed by atoms with Crippen LogP contribution in [-0.2, 0) is 14.3 Å². The first kappa shape index (κ1) is 11.2. The van der Waals surface area contributed by atoms with Crippen LogP contribution in [0.3, 0.4) is 0 Å². The summed E-state index contributed by atoms with van der Waals surface area (Å²) in [5.74, 6) is -1.23. The summed E-state index contributed by atoms with van der Waals surface area (Å²) in [6.07, 6.45) is 1.57. The largest absolute Gasteiger partial charge is 0.464 e. The second-order valence-electron chi connectivity index (χ2n) is 3.52. The van der Waals surface area contributed by atoms with Gasteiger partial charge in [-0.25, -0.2) is 4.79 Å². The van der Waals surface area contributed by atoms with Crippen molar-refractivity contribution in [3.8, 4) is 0 Å². The molecule has 0 aliphatic heterocycles. The Balaban J connectivity index is 2.53. The van der Waals surface area contributed by atoms with E-state index in [2.05, 4.69) is 4.74 Å². The highest BCUT2D eigenvalue weighted by molar-refractivity contribution is 5.88. The number of hydrogen-bond donors (Lipinski definition) is 1. The van der Waals surface area contributed by atoms with E-state index in [0.717, 1.165) is 12.8 Å². The first-order chi connectivity index (χ1) is 6.66. The predicted molar refractivity (Wildman–Crippen MR) is 49.6 cm³/mol. The zero-order valence-electron chi connectivity index (χ0n) is 8.36. The van der Waals surface area contributed by atoms with Crippen LogP contribution in [0.2, 0.25) is 0 Å². The molecule has 0 aromatic rings. The Hall–Kier alpha value is -0.900. The predicted octanol–water partition coefficient (Wildman–Crippen LogP) is 0.670. The van der Waals surface area contributed by atoms with Crippen LogP contribution in [-0.4, -0.2) is 29.6 Å². The van der Waals surface area contributed by atoms with Gasteiger partial charge in [0.05, 0.1) is 12.5 Å². The molecule has 0 saturated heterocycles. The molecule has 1 aliphatic rings. The minimum Gasteiger partial charge on any atom is -0.464 e. The topological polar surface area (TPSA) is 63.6 Å². The smallest absolute Gasteiger partial charge is 0.335 e. The zero-order valence-corrected chi connectivity index (χ0v) is 8.36. The number of esters is 1. The van der Waals surface area contributed by atoms with Crippen molar-refractivity contribution in [3.05, 3.63) is 0 Å². The van der Waals surface area contributed by atoms with Crippen LogP contribution in [0.15, 0.2) is 0 Å². The van der Waals surface area contributed by atoms with Gasteiger partial charge in [-0.2, -0.15) is 0 Å². The molecule has 1 N–H and O–H groups in total. The number of carbonyl (C=O) groups excluding carboxylic acids is 2. The molecule has 0 amide bonds. The molecular weight excluding hydrogens is 184 g/mol. The lowest BCUT2D eigenvalue weighted by Crippen LogP contribution is -2.37. The van der Waals surface area contributed by atoms with Crippen LogP contribution in [0.5, 0.6) is 0 Å². The van der Waals surface area contributed by atoms with E-state index in [9.17, 15) is 14.7 Å². The summed E-state index contributed by atoms with van der Waals surface area (Å²) in [5.41, 5.74) is 0. The maximum Gasteiger partial charge on any atom is 0.335 e. The molecule has 1 aliphatic carbocycles. The van der Waals surface area contributed by atoms with Gasteiger partial charge in [0.1, 0.15) is 5.78 Å². The number of hydrogen-bond acceptors (Lipinski definition) is 4. The average molecular weight is 200 g/mol. The number of Topliss-reactive ketones (excluding diaryl/α,β-unsaturated/α-hetero) is 1. The Morgan fingerprint density at radius 2 is 2.36 bits per heavy atom. The molecular formula is C10H16O4. The van der Waals surface area contributed by atoms with E-state index in [-0.39, 0.29) is 12.4 Å². The number of aliphatic hydroxyl groups excluding tert-OH is 1. The van der Waals surface area contributed by atoms with Crippen molar-refractivity contribution in [2.24, 2.45) is 5.92 Å². The molecule has 1 rings (SSSR count). The highest BCUT2D eigenvalue weighted by Gasteiger charge is 2.34. The summed E-state index contributed by atoms with van der Waals surface area (Å²) in [6.45, 7) is 1.91. The van der Waals surface area contributed by atoms with Crippen molar-refractivity contribution in [3.63, 3.8) is 0 Å². The SMILES string of the molecule is CCOC(=O)[C@H](O)[C@@H]1CCCCC1=O. The highest BCUT2D eigenvalue weighted by Crippen LogP contribution is 2.24. The second kappa shape index (κ2) is 5.10. The molecule has 0 bridgehead atoms. The molecule has 1 saturated carbocycles. The lowest BCUT2D eigenvalue weighted by molar-refractivity contribution is -0.159. The quantitative estimate of drug-likeness (QED) is 0.680. The van der Waals surface area contributed by atoms with Crippen molar-refractivity contribution in [2.45, 2.75) is 38.7 Å². The lowest BCUT2D eigenvalue weighted by atomic mass is 9.84. The molecule has 0 heterocycles. The fourth-order valence-corrected chi connectivity index (χ4v) is 1.74. The van der Waals surface area contributed by atoms with Gasteiger partial charge in [0.25, 0.3) is 0 Å². The van der Waals surface area contributed by atoms with Crippen molar-refractivity contribution in [1.29, 1.82) is 0 Å². The fraction of sp³-hybridized carbons (Fsp3) is 0.800. The van der Waals surface area contributed by atoms with Crippen LogP contribution in [0, 0.1) is 5.92 Å². The van der Waals surface area contributed by atoms with E-state index < -0.39 is 18.0 Å². The van der Waals surface area contributed by atoms with Gasteiger partial charge in [0.15, 0.2) is 6.10 Å². The average Bonchev–Trinajstić information content (AvgIpc) is 2.18. The Bertz CT molecular complexity index is 224. The first-order valence-electron chi connectivity index (χ1n) is 5.04. The number of rotatable bonds is 3. The highest BCUT2D eigenvalue weighted by atomic mass is 16.5. The molecule has 0 radical (unpaired) electrons. The number of aliphatic hydroxyl groups is 1. The van der Waals surface area contributed by atoms with E-state index >= 15 is 0 Å². The van der Waals surface area contributed by atoms with Gasteiger partial charge in [-0.05, 0) is 19.8 Å². The molecule has 4 nitrogen and oxygen atoms in total. The summed E-state index contributed by atoms with van der Waals surface area (Å²) < 4.78 is 4.66. The third kappa shape index (κ3) is 2.54. The van der Waals surface area contributed by atoms with Crippen LogP contribution >= 0.6 is 0 Å². The maximum absolute atomic E-state index is 11.4. The summed E-state index contributed by atoms with van der Waals surface area (Å²) in [7, 11) is 0. The van der Waals surface area contributed by atoms with Crippen molar-refractivity contribution in [1.82, 2.24) is 0 Å². The van der Waals surface area contributed by atoms with Gasteiger partial charge in [0.2, 0.25) is 0 Å². The lowest BCUT2D eigenvalue weighted by Gasteiger charge is -2.23. The van der Waals surface area contributed by atoms with Gasteiger partial charge >= 0.3 is 5.97 Å². The van der Waals surface area contributed by atoms with Crippen molar-refractivity contribution >= 4 is 11.8 Å². The van der Waals surface area contributed by atoms with Gasteiger partial charge in [-0.15, -0.1) is 0 Å². The Kier molecular flexibility index (Phi) is 4.07. The zero-order chi connectivity index (χ0) is 10.6. The third-order valence-corrected chi connectivity index (χ3v) is 2.51. The van der Waals surface area contributed by atoms with E-state index in [1.165, 1.54) is 0 Å². The molecule has 1 fully saturated rings. The molecule has 80 valence electrons. The number of carbonyl (C=O) groups is 2. The maximum atomic E-state index is 11.4. The van der Waals surface area contributed by atoms with Crippen molar-refractivity contribution in [2.75, 3.05) is 6.61 Å². The van der Waals surface area contributed by atoms with Gasteiger partial charge in [-0.1, -0.05) is 6.42 Å². The fourth-order valence-electron chi connectivity index (χ4n) is 1.74. The molecule has 2 atom stereocenters. The number of ketones is 1. The standard InChI is InChI=1S/C10H16O4/c1-2-14-10(13)9(12)7-5-3-4-6-8(7)11/h7,9,12H,2-6H2,1H3/t7-,9-/m1/s1. The molecule has 14 heavy (non-hydrogen) atoms. The molecule has 0 aromatic heterocycles. The first-order valence-corrected chi connectivity index (χ1v) is 5.04. The van der Waals surface area contributed by atoms with E-state index in [1.807, 2.05) is 0 Å². The van der Waals surface area contributed by atoms with Gasteiger partial charge in [0, 0.05) is 6.42 Å². The van der Waals surface area contributed by atoms with E-state index in [4.69, 9.17) is 0 Å². The minimum absolute atomic E-state index is 0.0168. The van der Waals surface area contributed by atoms with Crippen LogP contribution in [0.4, 0.5) is 0 Å². The summed E-state index contributed by atoms with van der Waals surface area (Å²) >= 11 is 0. The Morgan fingerprint density at radius 3 is 2.93 bits per heavy atom. The van der Waals surface area contributed by atoms with E-state index in [1.54, 1.807) is 6.92 Å². The molecule has 0 aromatic carbocycles. The molecule has 0 spiro atoms. The van der Waals surface area contributed by atoms with Crippen LogP contribution < -0.4 is 0 Å². The van der Waals surface area contributed by atoms with Crippen molar-refractivity contribution < 1.29 is 19.4 Å². The van der Waals surface area contributed by atoms with E-state index in [0.29, 0.717) is 12.8 Å². The normalized spacial score (nSPS) is 24.4. The Labute approximate surface area is 83.2 Å². The summed E-state index contributed by atoms with van der Waals surface area (Å²) in [5, 5.41) is 9.55. The monoisotopic (exact) mass is 200 g/mol. The van der Waals surface area contributed by atoms with Gasteiger partial charge in [-0.3, -0.25) is 4.79 Å². The molecule has 4 heteroatoms.